The molecule has 1 aromatic carbocycles. The maximum Gasteiger partial charge on any atom is 0.182 e. The molecular formula is C12H16F2N2O2S. The molecule has 1 aromatic rings. The van der Waals surface area contributed by atoms with Crippen molar-refractivity contribution in [2.75, 3.05) is 23.0 Å². The van der Waals surface area contributed by atoms with Gasteiger partial charge in [-0.2, -0.15) is 0 Å². The second-order valence-electron chi connectivity index (χ2n) is 4.73. The number of halogens is 2. The summed E-state index contributed by atoms with van der Waals surface area (Å²) in [6.45, 7) is 1.78. The number of benzene rings is 1. The predicted molar refractivity (Wildman–Crippen MR) is 69.7 cm³/mol. The molecule has 0 bridgehead atoms. The third-order valence-corrected chi connectivity index (χ3v) is 5.14. The molecule has 19 heavy (non-hydrogen) atoms. The van der Waals surface area contributed by atoms with E-state index in [0.29, 0.717) is 0 Å². The molecule has 0 aromatic heterocycles. The van der Waals surface area contributed by atoms with Crippen LogP contribution in [0.1, 0.15) is 12.5 Å². The van der Waals surface area contributed by atoms with Gasteiger partial charge in [0.1, 0.15) is 0 Å². The zero-order valence-corrected chi connectivity index (χ0v) is 11.4. The molecule has 0 aliphatic carbocycles. The Balaban J connectivity index is 2.36. The molecule has 0 saturated carbocycles. The number of hydrogen-bond donors (Lipinski definition) is 1. The van der Waals surface area contributed by atoms with Crippen LogP contribution in [-0.4, -0.2) is 32.5 Å². The first-order valence-corrected chi connectivity index (χ1v) is 7.82. The van der Waals surface area contributed by atoms with E-state index in [0.717, 1.165) is 0 Å². The summed E-state index contributed by atoms with van der Waals surface area (Å²) in [5, 5.41) is 0. The molecule has 1 saturated heterocycles. The number of hydrogen-bond acceptors (Lipinski definition) is 4. The minimum Gasteiger partial charge on any atom is -0.364 e. The molecule has 4 nitrogen and oxygen atoms in total. The van der Waals surface area contributed by atoms with Crippen LogP contribution in [0, 0.1) is 11.6 Å². The third kappa shape index (κ3) is 2.71. The quantitative estimate of drug-likeness (QED) is 0.884. The molecule has 0 amide bonds. The zero-order valence-electron chi connectivity index (χ0n) is 10.6. The van der Waals surface area contributed by atoms with Crippen LogP contribution in [0.4, 0.5) is 14.5 Å². The molecule has 1 heterocycles. The second-order valence-corrected chi connectivity index (χ2v) is 6.96. The van der Waals surface area contributed by atoms with Crippen molar-refractivity contribution in [1.82, 2.24) is 0 Å². The van der Waals surface area contributed by atoms with Gasteiger partial charge in [0, 0.05) is 24.7 Å². The summed E-state index contributed by atoms with van der Waals surface area (Å²) in [4.78, 5) is 1.58. The first kappa shape index (κ1) is 14.2. The van der Waals surface area contributed by atoms with Crippen LogP contribution in [0.3, 0.4) is 0 Å². The number of sulfone groups is 1. The lowest BCUT2D eigenvalue weighted by Gasteiger charge is -2.35. The van der Waals surface area contributed by atoms with Crippen LogP contribution in [0.5, 0.6) is 0 Å². The van der Waals surface area contributed by atoms with Gasteiger partial charge >= 0.3 is 0 Å². The lowest BCUT2D eigenvalue weighted by atomic mass is 10.1. The highest BCUT2D eigenvalue weighted by Crippen LogP contribution is 2.27. The van der Waals surface area contributed by atoms with E-state index in [-0.39, 0.29) is 41.9 Å². The Morgan fingerprint density at radius 3 is 2.63 bits per heavy atom. The van der Waals surface area contributed by atoms with E-state index in [4.69, 9.17) is 5.73 Å². The molecule has 2 rings (SSSR count). The van der Waals surface area contributed by atoms with Crippen molar-refractivity contribution in [2.45, 2.75) is 19.5 Å². The van der Waals surface area contributed by atoms with Crippen molar-refractivity contribution >= 4 is 15.5 Å². The van der Waals surface area contributed by atoms with Crippen LogP contribution in [0.25, 0.3) is 0 Å². The summed E-state index contributed by atoms with van der Waals surface area (Å²) >= 11 is 0. The summed E-state index contributed by atoms with van der Waals surface area (Å²) < 4.78 is 50.6. The Hall–Kier alpha value is -1.21. The molecule has 0 spiro atoms. The Morgan fingerprint density at radius 1 is 1.37 bits per heavy atom. The van der Waals surface area contributed by atoms with Crippen LogP contribution < -0.4 is 10.6 Å². The molecule has 7 heteroatoms. The molecule has 1 unspecified atom stereocenters. The Morgan fingerprint density at radius 2 is 2.05 bits per heavy atom. The van der Waals surface area contributed by atoms with E-state index in [2.05, 4.69) is 0 Å². The van der Waals surface area contributed by atoms with E-state index in [1.54, 1.807) is 11.8 Å². The first-order chi connectivity index (χ1) is 8.85. The van der Waals surface area contributed by atoms with Crippen LogP contribution in [-0.2, 0) is 16.4 Å². The SMILES string of the molecule is CC1CS(=O)(=O)CCN1c1ccc(CN)c(F)c1F. The van der Waals surface area contributed by atoms with Crippen LogP contribution in [0.2, 0.25) is 0 Å². The average Bonchev–Trinajstić information content (AvgIpc) is 2.33. The third-order valence-electron chi connectivity index (χ3n) is 3.34. The van der Waals surface area contributed by atoms with Gasteiger partial charge in [-0.1, -0.05) is 6.07 Å². The fourth-order valence-electron chi connectivity index (χ4n) is 2.32. The lowest BCUT2D eigenvalue weighted by Crippen LogP contribution is -2.47. The van der Waals surface area contributed by atoms with Crippen molar-refractivity contribution in [3.63, 3.8) is 0 Å². The summed E-state index contributed by atoms with van der Waals surface area (Å²) in [6.07, 6.45) is 0. The van der Waals surface area contributed by atoms with Gasteiger partial charge in [-0.15, -0.1) is 0 Å². The van der Waals surface area contributed by atoms with E-state index in [1.165, 1.54) is 12.1 Å². The Bertz CT molecular complexity index is 590. The largest absolute Gasteiger partial charge is 0.364 e. The average molecular weight is 290 g/mol. The minimum atomic E-state index is -3.09. The van der Waals surface area contributed by atoms with E-state index in [9.17, 15) is 17.2 Å². The highest BCUT2D eigenvalue weighted by Gasteiger charge is 2.30. The van der Waals surface area contributed by atoms with Gasteiger partial charge in [0.2, 0.25) is 0 Å². The van der Waals surface area contributed by atoms with Crippen LogP contribution >= 0.6 is 0 Å². The van der Waals surface area contributed by atoms with Crippen molar-refractivity contribution in [3.8, 4) is 0 Å². The number of anilines is 1. The maximum atomic E-state index is 14.0. The zero-order chi connectivity index (χ0) is 14.2. The topological polar surface area (TPSA) is 63.4 Å². The van der Waals surface area contributed by atoms with Gasteiger partial charge in [0.15, 0.2) is 21.5 Å². The molecule has 2 N–H and O–H groups in total. The number of nitrogens with two attached hydrogens (primary N) is 1. The summed E-state index contributed by atoms with van der Waals surface area (Å²) in [7, 11) is -3.09. The fourth-order valence-corrected chi connectivity index (χ4v) is 3.87. The van der Waals surface area contributed by atoms with Crippen LogP contribution in [0.15, 0.2) is 12.1 Å². The molecule has 1 aliphatic heterocycles. The van der Waals surface area contributed by atoms with Gasteiger partial charge in [0.25, 0.3) is 0 Å². The van der Waals surface area contributed by atoms with Crippen molar-refractivity contribution < 1.29 is 17.2 Å². The normalized spacial score (nSPS) is 22.5. The number of rotatable bonds is 2. The Kier molecular flexibility index (Phi) is 3.78. The Labute approximate surface area is 111 Å². The van der Waals surface area contributed by atoms with E-state index in [1.807, 2.05) is 0 Å². The summed E-state index contributed by atoms with van der Waals surface area (Å²) in [6, 6.07) is 2.51. The minimum absolute atomic E-state index is 0.0446. The molecule has 1 aliphatic rings. The fraction of sp³-hybridized carbons (Fsp3) is 0.500. The standard InChI is InChI=1S/C12H16F2N2O2S/c1-8-7-19(17,18)5-4-16(8)10-3-2-9(6-15)11(13)12(10)14/h2-3,8H,4-7,15H2,1H3. The highest BCUT2D eigenvalue weighted by atomic mass is 32.2. The second kappa shape index (κ2) is 5.05. The van der Waals surface area contributed by atoms with Gasteiger partial charge in [-0.25, -0.2) is 17.2 Å². The monoisotopic (exact) mass is 290 g/mol. The maximum absolute atomic E-state index is 14.0. The van der Waals surface area contributed by atoms with E-state index < -0.39 is 21.5 Å². The molecule has 0 radical (unpaired) electrons. The first-order valence-electron chi connectivity index (χ1n) is 5.99. The molecule has 1 fully saturated rings. The summed E-state index contributed by atoms with van der Waals surface area (Å²) in [5.41, 5.74) is 5.52. The van der Waals surface area contributed by atoms with Crippen molar-refractivity contribution in [3.05, 3.63) is 29.3 Å². The molecule has 106 valence electrons. The molecular weight excluding hydrogens is 274 g/mol. The van der Waals surface area contributed by atoms with Gasteiger partial charge < -0.3 is 10.6 Å². The number of nitrogens with zero attached hydrogens (tertiary/aromatic N) is 1. The predicted octanol–water partition coefficient (Wildman–Crippen LogP) is 1.05. The van der Waals surface area contributed by atoms with Crippen molar-refractivity contribution in [1.29, 1.82) is 0 Å². The van der Waals surface area contributed by atoms with Gasteiger partial charge in [-0.3, -0.25) is 0 Å². The lowest BCUT2D eigenvalue weighted by molar-refractivity contribution is 0.492. The van der Waals surface area contributed by atoms with E-state index >= 15 is 0 Å². The highest BCUT2D eigenvalue weighted by molar-refractivity contribution is 7.91. The molecule has 1 atom stereocenters. The smallest absolute Gasteiger partial charge is 0.182 e. The van der Waals surface area contributed by atoms with Gasteiger partial charge in [0.05, 0.1) is 17.2 Å². The summed E-state index contributed by atoms with van der Waals surface area (Å²) in [5.74, 6) is -2.02. The van der Waals surface area contributed by atoms with Crippen molar-refractivity contribution in [2.24, 2.45) is 5.73 Å². The van der Waals surface area contributed by atoms with Gasteiger partial charge in [-0.05, 0) is 13.0 Å².